The molecule has 0 spiro atoms. The van der Waals surface area contributed by atoms with Crippen molar-refractivity contribution in [3.8, 4) is 0 Å². The van der Waals surface area contributed by atoms with Gasteiger partial charge in [-0.25, -0.2) is 4.79 Å². The van der Waals surface area contributed by atoms with E-state index in [4.69, 9.17) is 4.74 Å². The Balaban J connectivity index is 1.65. The second kappa shape index (κ2) is 7.18. The minimum atomic E-state index is -0.500. The molecule has 3 rings (SSSR count). The normalized spacial score (nSPS) is 10.5. The molecule has 0 aliphatic rings. The molecule has 0 unspecified atom stereocenters. The van der Waals surface area contributed by atoms with Crippen LogP contribution in [-0.2, 0) is 9.53 Å². The van der Waals surface area contributed by atoms with E-state index in [2.05, 4.69) is 5.32 Å². The molecule has 126 valence electrons. The Morgan fingerprint density at radius 1 is 0.920 bits per heavy atom. The molecule has 0 aromatic heterocycles. The van der Waals surface area contributed by atoms with Gasteiger partial charge in [-0.15, -0.1) is 0 Å². The summed E-state index contributed by atoms with van der Waals surface area (Å²) in [5.41, 5.74) is 3.11. The molecule has 0 fully saturated rings. The molecule has 1 N–H and O–H groups in total. The number of fused-ring (bicyclic) bond motifs is 1. The Hall–Kier alpha value is -3.14. The Morgan fingerprint density at radius 2 is 1.60 bits per heavy atom. The summed E-state index contributed by atoms with van der Waals surface area (Å²) >= 11 is 0. The summed E-state index contributed by atoms with van der Waals surface area (Å²) in [6, 6.07) is 18.9. The van der Waals surface area contributed by atoms with Crippen molar-refractivity contribution >= 4 is 28.3 Å². The monoisotopic (exact) mass is 333 g/mol. The van der Waals surface area contributed by atoms with E-state index in [-0.39, 0.29) is 12.5 Å². The van der Waals surface area contributed by atoms with Gasteiger partial charge >= 0.3 is 5.97 Å². The number of benzene rings is 3. The van der Waals surface area contributed by atoms with E-state index in [1.165, 1.54) is 0 Å². The van der Waals surface area contributed by atoms with Gasteiger partial charge in [-0.3, -0.25) is 4.79 Å². The number of aryl methyl sites for hydroxylation is 2. The van der Waals surface area contributed by atoms with Crippen LogP contribution in [0.3, 0.4) is 0 Å². The first-order chi connectivity index (χ1) is 12.0. The average Bonchev–Trinajstić information content (AvgIpc) is 2.59. The van der Waals surface area contributed by atoms with E-state index in [0.717, 1.165) is 21.9 Å². The maximum absolute atomic E-state index is 12.1. The van der Waals surface area contributed by atoms with Gasteiger partial charge in [0.25, 0.3) is 5.91 Å². The third-order valence-electron chi connectivity index (χ3n) is 3.86. The zero-order valence-electron chi connectivity index (χ0n) is 14.2. The molecule has 4 nitrogen and oxygen atoms in total. The van der Waals surface area contributed by atoms with E-state index in [0.29, 0.717) is 11.3 Å². The van der Waals surface area contributed by atoms with Crippen molar-refractivity contribution < 1.29 is 14.3 Å². The number of amides is 1. The molecule has 0 atom stereocenters. The largest absolute Gasteiger partial charge is 0.452 e. The van der Waals surface area contributed by atoms with Crippen molar-refractivity contribution in [1.29, 1.82) is 0 Å². The lowest BCUT2D eigenvalue weighted by Gasteiger charge is -2.10. The SMILES string of the molecule is Cc1cc(C)cc(C(=O)OCC(=O)Nc2cccc3ccccc23)c1. The predicted molar refractivity (Wildman–Crippen MR) is 98.8 cm³/mol. The quantitative estimate of drug-likeness (QED) is 0.726. The van der Waals surface area contributed by atoms with Crippen LogP contribution in [0, 0.1) is 13.8 Å². The highest BCUT2D eigenvalue weighted by Gasteiger charge is 2.12. The van der Waals surface area contributed by atoms with E-state index in [9.17, 15) is 9.59 Å². The second-order valence-electron chi connectivity index (χ2n) is 6.03. The summed E-state index contributed by atoms with van der Waals surface area (Å²) in [6.45, 7) is 3.50. The van der Waals surface area contributed by atoms with Gasteiger partial charge < -0.3 is 10.1 Å². The molecular formula is C21H19NO3. The number of hydrogen-bond donors (Lipinski definition) is 1. The van der Waals surface area contributed by atoms with Gasteiger partial charge in [0.15, 0.2) is 6.61 Å². The predicted octanol–water partition coefficient (Wildman–Crippen LogP) is 4.25. The van der Waals surface area contributed by atoms with Crippen molar-refractivity contribution in [2.75, 3.05) is 11.9 Å². The zero-order chi connectivity index (χ0) is 17.8. The van der Waals surface area contributed by atoms with Crippen LogP contribution < -0.4 is 5.32 Å². The number of carbonyl (C=O) groups excluding carboxylic acids is 2. The molecule has 4 heteroatoms. The molecule has 1 amide bonds. The highest BCUT2D eigenvalue weighted by atomic mass is 16.5. The van der Waals surface area contributed by atoms with E-state index in [1.807, 2.05) is 62.4 Å². The molecular weight excluding hydrogens is 314 g/mol. The van der Waals surface area contributed by atoms with Crippen LogP contribution in [0.2, 0.25) is 0 Å². The van der Waals surface area contributed by atoms with E-state index < -0.39 is 5.97 Å². The number of ether oxygens (including phenoxy) is 1. The van der Waals surface area contributed by atoms with Crippen LogP contribution in [0.1, 0.15) is 21.5 Å². The minimum Gasteiger partial charge on any atom is -0.452 e. The number of anilines is 1. The van der Waals surface area contributed by atoms with Crippen LogP contribution in [-0.4, -0.2) is 18.5 Å². The Morgan fingerprint density at radius 3 is 2.36 bits per heavy atom. The lowest BCUT2D eigenvalue weighted by atomic mass is 10.1. The topological polar surface area (TPSA) is 55.4 Å². The average molecular weight is 333 g/mol. The van der Waals surface area contributed by atoms with Crippen molar-refractivity contribution in [2.45, 2.75) is 13.8 Å². The molecule has 3 aromatic carbocycles. The summed E-state index contributed by atoms with van der Waals surface area (Å²) < 4.78 is 5.13. The molecule has 0 saturated heterocycles. The van der Waals surface area contributed by atoms with Crippen LogP contribution in [0.5, 0.6) is 0 Å². The molecule has 0 aliphatic heterocycles. The maximum atomic E-state index is 12.1. The Bertz CT molecular complexity index is 921. The Labute approximate surface area is 146 Å². The number of nitrogens with one attached hydrogen (secondary N) is 1. The van der Waals surface area contributed by atoms with E-state index >= 15 is 0 Å². The van der Waals surface area contributed by atoms with Crippen molar-refractivity contribution in [3.63, 3.8) is 0 Å². The van der Waals surface area contributed by atoms with Gasteiger partial charge in [-0.1, -0.05) is 53.6 Å². The molecule has 0 bridgehead atoms. The molecule has 0 saturated carbocycles. The first-order valence-electron chi connectivity index (χ1n) is 8.06. The van der Waals surface area contributed by atoms with Crippen LogP contribution in [0.15, 0.2) is 60.7 Å². The summed E-state index contributed by atoms with van der Waals surface area (Å²) in [6.07, 6.45) is 0. The van der Waals surface area contributed by atoms with Crippen LogP contribution in [0.25, 0.3) is 10.8 Å². The summed E-state index contributed by atoms with van der Waals surface area (Å²) in [7, 11) is 0. The van der Waals surface area contributed by atoms with E-state index in [1.54, 1.807) is 12.1 Å². The molecule has 0 heterocycles. The maximum Gasteiger partial charge on any atom is 0.338 e. The lowest BCUT2D eigenvalue weighted by molar-refractivity contribution is -0.119. The third-order valence-corrected chi connectivity index (χ3v) is 3.86. The number of carbonyl (C=O) groups is 2. The smallest absolute Gasteiger partial charge is 0.338 e. The highest BCUT2D eigenvalue weighted by Crippen LogP contribution is 2.22. The third kappa shape index (κ3) is 4.04. The van der Waals surface area contributed by atoms with Crippen LogP contribution in [0.4, 0.5) is 5.69 Å². The number of rotatable bonds is 4. The molecule has 0 radical (unpaired) electrons. The zero-order valence-corrected chi connectivity index (χ0v) is 14.2. The Kier molecular flexibility index (Phi) is 4.80. The molecule has 25 heavy (non-hydrogen) atoms. The molecule has 0 aliphatic carbocycles. The lowest BCUT2D eigenvalue weighted by Crippen LogP contribution is -2.21. The van der Waals surface area contributed by atoms with Gasteiger partial charge in [-0.05, 0) is 37.4 Å². The minimum absolute atomic E-state index is 0.324. The van der Waals surface area contributed by atoms with Crippen LogP contribution >= 0.6 is 0 Å². The van der Waals surface area contributed by atoms with Gasteiger partial charge in [0.2, 0.25) is 0 Å². The summed E-state index contributed by atoms with van der Waals surface area (Å²) in [5.74, 6) is -0.867. The first kappa shape index (κ1) is 16.7. The number of esters is 1. The number of hydrogen-bond acceptors (Lipinski definition) is 3. The van der Waals surface area contributed by atoms with Crippen molar-refractivity contribution in [3.05, 3.63) is 77.4 Å². The fourth-order valence-electron chi connectivity index (χ4n) is 2.83. The first-order valence-corrected chi connectivity index (χ1v) is 8.06. The van der Waals surface area contributed by atoms with Gasteiger partial charge in [-0.2, -0.15) is 0 Å². The van der Waals surface area contributed by atoms with Gasteiger partial charge in [0, 0.05) is 11.1 Å². The fourth-order valence-corrected chi connectivity index (χ4v) is 2.83. The van der Waals surface area contributed by atoms with Gasteiger partial charge in [0.1, 0.15) is 0 Å². The summed E-state index contributed by atoms with van der Waals surface area (Å²) in [5, 5.41) is 4.78. The second-order valence-corrected chi connectivity index (χ2v) is 6.03. The van der Waals surface area contributed by atoms with Gasteiger partial charge in [0.05, 0.1) is 5.56 Å². The fraction of sp³-hybridized carbons (Fsp3) is 0.143. The van der Waals surface area contributed by atoms with Crippen molar-refractivity contribution in [1.82, 2.24) is 0 Å². The van der Waals surface area contributed by atoms with Crippen molar-refractivity contribution in [2.24, 2.45) is 0 Å². The standard InChI is InChI=1S/C21H19NO3/c1-14-10-15(2)12-17(11-14)21(24)25-13-20(23)22-19-9-5-7-16-6-3-4-8-18(16)19/h3-12H,13H2,1-2H3,(H,22,23). The highest BCUT2D eigenvalue weighted by molar-refractivity contribution is 6.03. The molecule has 3 aromatic rings. The summed E-state index contributed by atoms with van der Waals surface area (Å²) in [4.78, 5) is 24.3.